The molecule has 1 aliphatic heterocycles. The highest BCUT2D eigenvalue weighted by molar-refractivity contribution is 5.97. The summed E-state index contributed by atoms with van der Waals surface area (Å²) in [5.74, 6) is -2.99. The molecule has 2 fully saturated rings. The summed E-state index contributed by atoms with van der Waals surface area (Å²) in [6.07, 6.45) is 4.29. The average molecular weight is 251 g/mol. The lowest BCUT2D eigenvalue weighted by Crippen LogP contribution is -2.39. The predicted molar refractivity (Wildman–Crippen MR) is 61.1 cm³/mol. The van der Waals surface area contributed by atoms with Gasteiger partial charge in [-0.05, 0) is 32.6 Å². The fourth-order valence-electron chi connectivity index (χ4n) is 2.99. The number of carbonyl (C=O) groups is 2. The molecule has 1 spiro atoms. The van der Waals surface area contributed by atoms with Gasteiger partial charge in [0.05, 0.1) is 12.7 Å². The van der Waals surface area contributed by atoms with Gasteiger partial charge in [0.1, 0.15) is 11.5 Å². The van der Waals surface area contributed by atoms with Gasteiger partial charge in [0, 0.05) is 0 Å². The SMILES string of the molecule is CCOC(=O)C1C(=O)OC2(CCCCC2)C1C#N. The molecule has 2 unspecified atom stereocenters. The second-order valence-electron chi connectivity index (χ2n) is 4.88. The monoisotopic (exact) mass is 251 g/mol. The zero-order chi connectivity index (χ0) is 13.2. The minimum atomic E-state index is -1.06. The van der Waals surface area contributed by atoms with Crippen LogP contribution in [0, 0.1) is 23.2 Å². The largest absolute Gasteiger partial charge is 0.465 e. The molecule has 2 atom stereocenters. The topological polar surface area (TPSA) is 76.4 Å². The van der Waals surface area contributed by atoms with Gasteiger partial charge >= 0.3 is 11.9 Å². The Hall–Kier alpha value is -1.57. The quantitative estimate of drug-likeness (QED) is 0.550. The fraction of sp³-hybridized carbons (Fsp3) is 0.769. The van der Waals surface area contributed by atoms with Crippen LogP contribution in [-0.2, 0) is 19.1 Å². The third-order valence-corrected chi connectivity index (χ3v) is 3.84. The van der Waals surface area contributed by atoms with E-state index in [0.717, 1.165) is 19.3 Å². The van der Waals surface area contributed by atoms with Crippen molar-refractivity contribution in [1.29, 1.82) is 5.26 Å². The predicted octanol–water partition coefficient (Wildman–Crippen LogP) is 1.57. The Morgan fingerprint density at radius 2 is 2.17 bits per heavy atom. The Morgan fingerprint density at radius 1 is 1.50 bits per heavy atom. The highest BCUT2D eigenvalue weighted by Gasteiger charge is 2.59. The van der Waals surface area contributed by atoms with Crippen LogP contribution in [0.15, 0.2) is 0 Å². The molecular formula is C13H17NO4. The molecule has 0 N–H and O–H groups in total. The van der Waals surface area contributed by atoms with Gasteiger partial charge in [-0.3, -0.25) is 9.59 Å². The van der Waals surface area contributed by atoms with Gasteiger partial charge in [-0.1, -0.05) is 6.42 Å². The van der Waals surface area contributed by atoms with E-state index in [-0.39, 0.29) is 6.61 Å². The van der Waals surface area contributed by atoms with Crippen molar-refractivity contribution in [2.75, 3.05) is 6.61 Å². The summed E-state index contributed by atoms with van der Waals surface area (Å²) >= 11 is 0. The Kier molecular flexibility index (Phi) is 3.55. The number of nitriles is 1. The molecular weight excluding hydrogens is 234 g/mol. The second-order valence-corrected chi connectivity index (χ2v) is 4.88. The molecule has 2 aliphatic rings. The summed E-state index contributed by atoms with van der Waals surface area (Å²) in [7, 11) is 0. The summed E-state index contributed by atoms with van der Waals surface area (Å²) in [6.45, 7) is 1.88. The Morgan fingerprint density at radius 3 is 2.72 bits per heavy atom. The summed E-state index contributed by atoms with van der Waals surface area (Å²) in [5.41, 5.74) is -0.749. The Labute approximate surface area is 106 Å². The Bertz CT molecular complexity index is 392. The van der Waals surface area contributed by atoms with Crippen LogP contribution >= 0.6 is 0 Å². The van der Waals surface area contributed by atoms with Crippen LogP contribution in [0.25, 0.3) is 0 Å². The smallest absolute Gasteiger partial charge is 0.322 e. The first-order chi connectivity index (χ1) is 8.64. The van der Waals surface area contributed by atoms with E-state index in [9.17, 15) is 14.9 Å². The van der Waals surface area contributed by atoms with E-state index in [0.29, 0.717) is 12.8 Å². The number of hydrogen-bond acceptors (Lipinski definition) is 5. The summed E-state index contributed by atoms with van der Waals surface area (Å²) in [4.78, 5) is 23.6. The van der Waals surface area contributed by atoms with E-state index >= 15 is 0 Å². The molecule has 0 aromatic rings. The van der Waals surface area contributed by atoms with Crippen LogP contribution in [0.3, 0.4) is 0 Å². The van der Waals surface area contributed by atoms with Gasteiger partial charge in [0.25, 0.3) is 0 Å². The number of nitrogens with zero attached hydrogens (tertiary/aromatic N) is 1. The fourth-order valence-corrected chi connectivity index (χ4v) is 2.99. The lowest BCUT2D eigenvalue weighted by Gasteiger charge is -2.34. The van der Waals surface area contributed by atoms with Gasteiger partial charge in [-0.2, -0.15) is 5.26 Å². The van der Waals surface area contributed by atoms with E-state index in [1.54, 1.807) is 6.92 Å². The van der Waals surface area contributed by atoms with Gasteiger partial charge < -0.3 is 9.47 Å². The molecule has 5 heteroatoms. The maximum Gasteiger partial charge on any atom is 0.322 e. The van der Waals surface area contributed by atoms with Crippen molar-refractivity contribution in [2.45, 2.75) is 44.6 Å². The number of carbonyl (C=O) groups excluding carboxylic acids is 2. The summed E-state index contributed by atoms with van der Waals surface area (Å²) in [6, 6.07) is 2.10. The molecule has 5 nitrogen and oxygen atoms in total. The zero-order valence-corrected chi connectivity index (χ0v) is 10.5. The van der Waals surface area contributed by atoms with Crippen molar-refractivity contribution in [1.82, 2.24) is 0 Å². The first kappa shape index (κ1) is 12.9. The molecule has 0 aromatic heterocycles. The minimum absolute atomic E-state index is 0.202. The third kappa shape index (κ3) is 1.96. The maximum atomic E-state index is 11.9. The van der Waals surface area contributed by atoms with E-state index in [1.165, 1.54) is 0 Å². The molecule has 1 saturated heterocycles. The lowest BCUT2D eigenvalue weighted by molar-refractivity contribution is -0.159. The highest BCUT2D eigenvalue weighted by atomic mass is 16.6. The normalized spacial score (nSPS) is 29.7. The van der Waals surface area contributed by atoms with Crippen LogP contribution < -0.4 is 0 Å². The van der Waals surface area contributed by atoms with Crippen molar-refractivity contribution in [3.63, 3.8) is 0 Å². The zero-order valence-electron chi connectivity index (χ0n) is 10.5. The lowest BCUT2D eigenvalue weighted by atomic mass is 9.73. The molecule has 0 bridgehead atoms. The molecule has 0 radical (unpaired) electrons. The first-order valence-corrected chi connectivity index (χ1v) is 6.44. The molecule has 1 aliphatic carbocycles. The van der Waals surface area contributed by atoms with Crippen LogP contribution in [0.1, 0.15) is 39.0 Å². The summed E-state index contributed by atoms with van der Waals surface area (Å²) < 4.78 is 10.3. The maximum absolute atomic E-state index is 11.9. The van der Waals surface area contributed by atoms with E-state index < -0.39 is 29.4 Å². The first-order valence-electron chi connectivity index (χ1n) is 6.44. The molecule has 98 valence electrons. The number of esters is 2. The van der Waals surface area contributed by atoms with Crippen LogP contribution in [0.2, 0.25) is 0 Å². The third-order valence-electron chi connectivity index (χ3n) is 3.84. The minimum Gasteiger partial charge on any atom is -0.465 e. The number of hydrogen-bond donors (Lipinski definition) is 0. The van der Waals surface area contributed by atoms with Gasteiger partial charge in [0.15, 0.2) is 5.92 Å². The molecule has 18 heavy (non-hydrogen) atoms. The molecule has 1 saturated carbocycles. The number of ether oxygens (including phenoxy) is 2. The van der Waals surface area contributed by atoms with E-state index in [2.05, 4.69) is 6.07 Å². The van der Waals surface area contributed by atoms with Crippen molar-refractivity contribution in [2.24, 2.45) is 11.8 Å². The Balaban J connectivity index is 2.24. The molecule has 0 amide bonds. The van der Waals surface area contributed by atoms with Crippen molar-refractivity contribution in [3.8, 4) is 6.07 Å². The van der Waals surface area contributed by atoms with Crippen LogP contribution in [0.5, 0.6) is 0 Å². The standard InChI is InChI=1S/C13H17NO4/c1-2-17-11(15)10-9(8-14)13(18-12(10)16)6-4-3-5-7-13/h9-10H,2-7H2,1H3. The van der Waals surface area contributed by atoms with Gasteiger partial charge in [-0.15, -0.1) is 0 Å². The van der Waals surface area contributed by atoms with Gasteiger partial charge in [0.2, 0.25) is 0 Å². The van der Waals surface area contributed by atoms with Crippen LogP contribution in [0.4, 0.5) is 0 Å². The second kappa shape index (κ2) is 4.97. The molecule has 1 heterocycles. The summed E-state index contributed by atoms with van der Waals surface area (Å²) in [5, 5.41) is 9.30. The van der Waals surface area contributed by atoms with Crippen molar-refractivity contribution in [3.05, 3.63) is 0 Å². The van der Waals surface area contributed by atoms with Crippen molar-refractivity contribution < 1.29 is 19.1 Å². The van der Waals surface area contributed by atoms with E-state index in [1.807, 2.05) is 0 Å². The number of rotatable bonds is 2. The molecule has 0 aromatic carbocycles. The van der Waals surface area contributed by atoms with Crippen molar-refractivity contribution >= 4 is 11.9 Å². The highest BCUT2D eigenvalue weighted by Crippen LogP contribution is 2.46. The van der Waals surface area contributed by atoms with Gasteiger partial charge in [-0.25, -0.2) is 0 Å². The van der Waals surface area contributed by atoms with E-state index in [4.69, 9.17) is 9.47 Å². The molecule has 2 rings (SSSR count). The average Bonchev–Trinajstić information content (AvgIpc) is 2.62. The van der Waals surface area contributed by atoms with Crippen LogP contribution in [-0.4, -0.2) is 24.1 Å².